The molecule has 1 atom stereocenters. The number of rotatable bonds is 3. The van der Waals surface area contributed by atoms with Crippen LogP contribution >= 0.6 is 0 Å². The Balaban J connectivity index is 1.60. The van der Waals surface area contributed by atoms with E-state index in [-0.39, 0.29) is 11.2 Å². The van der Waals surface area contributed by atoms with Gasteiger partial charge in [0, 0.05) is 19.6 Å². The lowest BCUT2D eigenvalue weighted by atomic mass is 9.77. The summed E-state index contributed by atoms with van der Waals surface area (Å²) >= 11 is 0. The predicted octanol–water partition coefficient (Wildman–Crippen LogP) is 3.79. The maximum Gasteiger partial charge on any atom is 0.0808 e. The van der Waals surface area contributed by atoms with Crippen molar-refractivity contribution in [3.05, 3.63) is 0 Å². The van der Waals surface area contributed by atoms with Gasteiger partial charge in [-0.25, -0.2) is 0 Å². The van der Waals surface area contributed by atoms with Gasteiger partial charge in [0.1, 0.15) is 0 Å². The van der Waals surface area contributed by atoms with E-state index < -0.39 is 0 Å². The average molecular weight is 295 g/mol. The molecule has 2 saturated carbocycles. The third kappa shape index (κ3) is 3.62. The van der Waals surface area contributed by atoms with Crippen molar-refractivity contribution >= 4 is 0 Å². The minimum Gasteiger partial charge on any atom is -0.375 e. The van der Waals surface area contributed by atoms with Crippen LogP contribution in [0.1, 0.15) is 77.6 Å². The average Bonchev–Trinajstić information content (AvgIpc) is 2.51. The molecule has 1 aliphatic heterocycles. The summed E-state index contributed by atoms with van der Waals surface area (Å²) in [6.07, 6.45) is 13.9. The molecule has 3 fully saturated rings. The van der Waals surface area contributed by atoms with Crippen LogP contribution in [0.3, 0.4) is 0 Å². The van der Waals surface area contributed by atoms with Crippen LogP contribution in [0.15, 0.2) is 0 Å². The minimum atomic E-state index is -0.0373. The van der Waals surface area contributed by atoms with Gasteiger partial charge in [0.05, 0.1) is 17.3 Å². The van der Waals surface area contributed by atoms with Gasteiger partial charge in [0.2, 0.25) is 0 Å². The molecule has 0 aromatic heterocycles. The zero-order valence-electron chi connectivity index (χ0n) is 13.7. The van der Waals surface area contributed by atoms with E-state index in [0.29, 0.717) is 12.6 Å². The zero-order chi connectivity index (χ0) is 14.8. The zero-order valence-corrected chi connectivity index (χ0v) is 13.7. The number of ether oxygens (including phenoxy) is 2. The van der Waals surface area contributed by atoms with E-state index in [1.54, 1.807) is 0 Å². The highest BCUT2D eigenvalue weighted by Gasteiger charge is 2.42. The van der Waals surface area contributed by atoms with Crippen LogP contribution < -0.4 is 5.73 Å². The molecule has 1 heterocycles. The van der Waals surface area contributed by atoms with Crippen LogP contribution in [0.2, 0.25) is 0 Å². The van der Waals surface area contributed by atoms with Gasteiger partial charge in [-0.15, -0.1) is 0 Å². The Morgan fingerprint density at radius 1 is 1.05 bits per heavy atom. The van der Waals surface area contributed by atoms with Gasteiger partial charge < -0.3 is 15.2 Å². The van der Waals surface area contributed by atoms with Crippen LogP contribution in [0.4, 0.5) is 0 Å². The van der Waals surface area contributed by atoms with E-state index >= 15 is 0 Å². The maximum absolute atomic E-state index is 6.64. The highest BCUT2D eigenvalue weighted by molar-refractivity contribution is 4.93. The van der Waals surface area contributed by atoms with Crippen LogP contribution in [-0.4, -0.2) is 30.5 Å². The molecule has 3 heteroatoms. The van der Waals surface area contributed by atoms with Gasteiger partial charge in [-0.1, -0.05) is 26.2 Å². The SMILES string of the molecule is CC1CCC(CN)(OC2CCOC3(CCCCC3)C2)CC1. The number of nitrogens with two attached hydrogens (primary N) is 1. The molecule has 0 aromatic rings. The van der Waals surface area contributed by atoms with Gasteiger partial charge in [0.15, 0.2) is 0 Å². The smallest absolute Gasteiger partial charge is 0.0808 e. The quantitative estimate of drug-likeness (QED) is 0.861. The standard InChI is InChI=1S/C18H33NO2/c1-15-5-10-18(14-19,11-6-15)21-16-7-12-20-17(13-16)8-3-2-4-9-17/h15-16H,2-14,19H2,1H3. The van der Waals surface area contributed by atoms with Crippen LogP contribution in [-0.2, 0) is 9.47 Å². The lowest BCUT2D eigenvalue weighted by molar-refractivity contribution is -0.190. The van der Waals surface area contributed by atoms with Gasteiger partial charge >= 0.3 is 0 Å². The van der Waals surface area contributed by atoms with E-state index in [0.717, 1.165) is 38.2 Å². The van der Waals surface area contributed by atoms with Gasteiger partial charge in [-0.2, -0.15) is 0 Å². The van der Waals surface area contributed by atoms with Crippen molar-refractivity contribution in [1.29, 1.82) is 0 Å². The molecule has 2 aliphatic carbocycles. The summed E-state index contributed by atoms with van der Waals surface area (Å²) in [4.78, 5) is 0. The second-order valence-electron chi connectivity index (χ2n) is 7.89. The van der Waals surface area contributed by atoms with Crippen LogP contribution in [0.25, 0.3) is 0 Å². The van der Waals surface area contributed by atoms with E-state index in [2.05, 4.69) is 6.92 Å². The van der Waals surface area contributed by atoms with Crippen molar-refractivity contribution in [3.63, 3.8) is 0 Å². The predicted molar refractivity (Wildman–Crippen MR) is 85.3 cm³/mol. The minimum absolute atomic E-state index is 0.0373. The van der Waals surface area contributed by atoms with E-state index in [1.165, 1.54) is 44.9 Å². The molecule has 21 heavy (non-hydrogen) atoms. The van der Waals surface area contributed by atoms with E-state index in [9.17, 15) is 0 Å². The Bertz CT molecular complexity index is 325. The fourth-order valence-electron chi connectivity index (χ4n) is 4.64. The summed E-state index contributed by atoms with van der Waals surface area (Å²) in [5, 5.41) is 0. The van der Waals surface area contributed by atoms with E-state index in [1.807, 2.05) is 0 Å². The molecule has 3 aliphatic rings. The Kier molecular flexibility index (Phi) is 4.92. The largest absolute Gasteiger partial charge is 0.375 e. The Hall–Kier alpha value is -0.120. The molecule has 0 aromatic carbocycles. The highest BCUT2D eigenvalue weighted by Crippen LogP contribution is 2.42. The van der Waals surface area contributed by atoms with Gasteiger partial charge in [-0.05, 0) is 50.9 Å². The summed E-state index contributed by atoms with van der Waals surface area (Å²) in [6, 6.07) is 0. The first-order valence-corrected chi connectivity index (χ1v) is 9.17. The summed E-state index contributed by atoms with van der Waals surface area (Å²) < 4.78 is 12.8. The van der Waals surface area contributed by atoms with Crippen LogP contribution in [0, 0.1) is 5.92 Å². The maximum atomic E-state index is 6.64. The highest BCUT2D eigenvalue weighted by atomic mass is 16.5. The molecule has 1 saturated heterocycles. The third-order valence-corrected chi connectivity index (χ3v) is 6.19. The van der Waals surface area contributed by atoms with Crippen molar-refractivity contribution in [2.24, 2.45) is 11.7 Å². The molecular formula is C18H33NO2. The third-order valence-electron chi connectivity index (χ3n) is 6.19. The Labute approximate surface area is 129 Å². The lowest BCUT2D eigenvalue weighted by Crippen LogP contribution is -2.50. The first-order chi connectivity index (χ1) is 10.2. The molecule has 3 rings (SSSR count). The molecule has 1 unspecified atom stereocenters. The molecule has 0 amide bonds. The Morgan fingerprint density at radius 3 is 2.43 bits per heavy atom. The fraction of sp³-hybridized carbons (Fsp3) is 1.00. The lowest BCUT2D eigenvalue weighted by Gasteiger charge is -2.47. The second-order valence-corrected chi connectivity index (χ2v) is 7.89. The number of hydrogen-bond acceptors (Lipinski definition) is 3. The topological polar surface area (TPSA) is 44.5 Å². The van der Waals surface area contributed by atoms with Gasteiger partial charge in [-0.3, -0.25) is 0 Å². The van der Waals surface area contributed by atoms with Crippen molar-refractivity contribution in [2.75, 3.05) is 13.2 Å². The molecule has 1 spiro atoms. The van der Waals surface area contributed by atoms with Crippen molar-refractivity contribution in [3.8, 4) is 0 Å². The monoisotopic (exact) mass is 295 g/mol. The molecule has 0 radical (unpaired) electrons. The van der Waals surface area contributed by atoms with Crippen LogP contribution in [0.5, 0.6) is 0 Å². The number of hydrogen-bond donors (Lipinski definition) is 1. The summed E-state index contributed by atoms with van der Waals surface area (Å²) in [6.45, 7) is 3.91. The second kappa shape index (κ2) is 6.55. The molecule has 0 bridgehead atoms. The van der Waals surface area contributed by atoms with Gasteiger partial charge in [0.25, 0.3) is 0 Å². The van der Waals surface area contributed by atoms with Crippen molar-refractivity contribution < 1.29 is 9.47 Å². The van der Waals surface area contributed by atoms with E-state index in [4.69, 9.17) is 15.2 Å². The first kappa shape index (κ1) is 15.8. The molecule has 3 nitrogen and oxygen atoms in total. The summed E-state index contributed by atoms with van der Waals surface area (Å²) in [5.41, 5.74) is 6.22. The van der Waals surface area contributed by atoms with Crippen molar-refractivity contribution in [1.82, 2.24) is 0 Å². The molecule has 122 valence electrons. The normalized spacial score (nSPS) is 40.3. The molecular weight excluding hydrogens is 262 g/mol. The first-order valence-electron chi connectivity index (χ1n) is 9.17. The summed E-state index contributed by atoms with van der Waals surface area (Å²) in [5.74, 6) is 0.840. The fourth-order valence-corrected chi connectivity index (χ4v) is 4.64. The summed E-state index contributed by atoms with van der Waals surface area (Å²) in [7, 11) is 0. The molecule has 2 N–H and O–H groups in total. The Morgan fingerprint density at radius 2 is 1.76 bits per heavy atom. The van der Waals surface area contributed by atoms with Crippen molar-refractivity contribution in [2.45, 2.75) is 94.9 Å².